The molecule has 1 unspecified atom stereocenters. The minimum absolute atomic E-state index is 0.0102. The van der Waals surface area contributed by atoms with E-state index in [1.807, 2.05) is 6.92 Å². The van der Waals surface area contributed by atoms with Crippen LogP contribution in [0.1, 0.15) is 84.8 Å². The Kier molecular flexibility index (Phi) is 8.57. The van der Waals surface area contributed by atoms with Gasteiger partial charge in [-0.2, -0.15) is 23.4 Å². The van der Waals surface area contributed by atoms with E-state index in [1.54, 1.807) is 18.3 Å². The van der Waals surface area contributed by atoms with Gasteiger partial charge < -0.3 is 15.4 Å². The molecule has 244 valence electrons. The summed E-state index contributed by atoms with van der Waals surface area (Å²) in [7, 11) is 0. The van der Waals surface area contributed by atoms with Crippen LogP contribution in [0.15, 0.2) is 24.5 Å². The first kappa shape index (κ1) is 31.4. The Hall–Kier alpha value is -3.62. The molecule has 3 fully saturated rings. The average molecular weight is 638 g/mol. The Morgan fingerprint density at radius 1 is 1.29 bits per heavy atom. The van der Waals surface area contributed by atoms with Crippen molar-refractivity contribution in [3.63, 3.8) is 0 Å². The van der Waals surface area contributed by atoms with Crippen molar-refractivity contribution in [2.24, 2.45) is 17.8 Å². The maximum absolute atomic E-state index is 14.6. The summed E-state index contributed by atoms with van der Waals surface area (Å²) in [6, 6.07) is 2.49. The number of hydrogen-bond acceptors (Lipinski definition) is 6. The van der Waals surface area contributed by atoms with Gasteiger partial charge in [0.25, 0.3) is 5.91 Å². The summed E-state index contributed by atoms with van der Waals surface area (Å²) in [5.74, 6) is -7.08. The Balaban J connectivity index is 1.36. The molecule has 0 aromatic carbocycles. The van der Waals surface area contributed by atoms with Crippen molar-refractivity contribution in [2.75, 3.05) is 19.8 Å². The van der Waals surface area contributed by atoms with Gasteiger partial charge in [-0.3, -0.25) is 14.3 Å². The predicted molar refractivity (Wildman–Crippen MR) is 151 cm³/mol. The molecule has 3 aromatic heterocycles. The van der Waals surface area contributed by atoms with Gasteiger partial charge in [0.2, 0.25) is 11.8 Å². The molecule has 3 aliphatic rings. The highest BCUT2D eigenvalue weighted by molar-refractivity contribution is 5.92. The molecular weight excluding hydrogens is 601 g/mol. The van der Waals surface area contributed by atoms with Crippen LogP contribution in [0.2, 0.25) is 0 Å². The zero-order valence-electron chi connectivity index (χ0n) is 24.8. The second kappa shape index (κ2) is 12.3. The van der Waals surface area contributed by atoms with Crippen LogP contribution >= 0.6 is 0 Å². The fourth-order valence-corrected chi connectivity index (χ4v) is 6.92. The molecule has 5 atom stereocenters. The highest BCUT2D eigenvalue weighted by atomic mass is 19.4. The second-order valence-corrected chi connectivity index (χ2v) is 12.4. The van der Waals surface area contributed by atoms with Crippen molar-refractivity contribution < 1.29 is 36.3 Å². The Morgan fingerprint density at radius 3 is 2.82 bits per heavy atom. The van der Waals surface area contributed by atoms with Gasteiger partial charge >= 0.3 is 6.18 Å². The molecular formula is C30H36F5N7O3. The largest absolute Gasteiger partial charge is 0.393 e. The van der Waals surface area contributed by atoms with E-state index in [0.717, 1.165) is 5.56 Å². The van der Waals surface area contributed by atoms with Crippen molar-refractivity contribution in [2.45, 2.75) is 82.5 Å². The van der Waals surface area contributed by atoms with E-state index >= 15 is 0 Å². The molecule has 0 spiro atoms. The van der Waals surface area contributed by atoms with Crippen LogP contribution in [0.5, 0.6) is 0 Å². The molecule has 2 aliphatic heterocycles. The fourth-order valence-electron chi connectivity index (χ4n) is 6.92. The van der Waals surface area contributed by atoms with Gasteiger partial charge in [0, 0.05) is 57.0 Å². The van der Waals surface area contributed by atoms with Gasteiger partial charge in [-0.25, -0.2) is 18.3 Å². The fraction of sp³-hybridized carbons (Fsp3) is 0.633. The molecule has 0 bridgehead atoms. The number of imidazole rings is 1. The lowest BCUT2D eigenvalue weighted by Gasteiger charge is -2.34. The van der Waals surface area contributed by atoms with Crippen molar-refractivity contribution in [1.29, 1.82) is 0 Å². The third-order valence-corrected chi connectivity index (χ3v) is 9.32. The van der Waals surface area contributed by atoms with Crippen molar-refractivity contribution in [3.05, 3.63) is 47.2 Å². The van der Waals surface area contributed by atoms with Crippen molar-refractivity contribution in [3.8, 4) is 0 Å². The summed E-state index contributed by atoms with van der Waals surface area (Å²) in [5, 5.41) is 14.2. The van der Waals surface area contributed by atoms with Gasteiger partial charge in [0.15, 0.2) is 5.65 Å². The van der Waals surface area contributed by atoms with E-state index in [2.05, 4.69) is 15.7 Å². The quantitative estimate of drug-likeness (QED) is 0.349. The summed E-state index contributed by atoms with van der Waals surface area (Å²) >= 11 is 0. The molecule has 2 N–H and O–H groups in total. The summed E-state index contributed by atoms with van der Waals surface area (Å²) in [5.41, 5.74) is 2.23. The lowest BCUT2D eigenvalue weighted by atomic mass is 9.80. The second-order valence-electron chi connectivity index (χ2n) is 12.4. The predicted octanol–water partition coefficient (Wildman–Crippen LogP) is 4.60. The van der Waals surface area contributed by atoms with Crippen LogP contribution in [0.25, 0.3) is 5.65 Å². The van der Waals surface area contributed by atoms with E-state index in [4.69, 9.17) is 14.8 Å². The van der Waals surface area contributed by atoms with Gasteiger partial charge in [-0.15, -0.1) is 0 Å². The number of alkyl halides is 5. The summed E-state index contributed by atoms with van der Waals surface area (Å²) in [6.45, 7) is 2.72. The minimum atomic E-state index is -4.44. The first-order valence-electron chi connectivity index (χ1n) is 15.4. The number of rotatable bonds is 8. The van der Waals surface area contributed by atoms with Gasteiger partial charge in [0.05, 0.1) is 36.2 Å². The molecule has 2 saturated heterocycles. The third kappa shape index (κ3) is 6.68. The Bertz CT molecular complexity index is 1550. The molecule has 6 rings (SSSR count). The van der Waals surface area contributed by atoms with E-state index in [1.165, 1.54) is 15.4 Å². The average Bonchev–Trinajstić information content (AvgIpc) is 3.76. The Labute approximate surface area is 256 Å². The topological polar surface area (TPSA) is 115 Å². The van der Waals surface area contributed by atoms with Crippen LogP contribution in [0.4, 0.5) is 22.0 Å². The standard InChI is InChI=1S/C30H36F5N7O3/c1-2-41-24(5-8-37-41)28(44)39-26(17-4-3-7-29(31,32)13-17)23-15-42-25(38-23)12-21(18-6-9-45-16-18)22(40-42)11-19-10-20(30(33,34)35)14-36-27(19)43/h5,8,12,15,17-20,26H,2-4,6-7,9-11,13-14,16H2,1H3,(H,36,43)(H,39,44)/t17-,18?,19+,20+,26-/m0/s1. The zero-order chi connectivity index (χ0) is 31.9. The first-order chi connectivity index (χ1) is 21.4. The number of ether oxygens (including phenoxy) is 1. The number of piperidine rings is 1. The van der Waals surface area contributed by atoms with Crippen molar-refractivity contribution in [1.82, 2.24) is 35.0 Å². The lowest BCUT2D eigenvalue weighted by Crippen LogP contribution is -2.47. The number of halogens is 5. The van der Waals surface area contributed by atoms with Crippen LogP contribution in [0.3, 0.4) is 0 Å². The number of hydrogen-bond donors (Lipinski definition) is 2. The molecule has 45 heavy (non-hydrogen) atoms. The molecule has 1 saturated carbocycles. The molecule has 3 aromatic rings. The molecule has 10 nitrogen and oxygen atoms in total. The first-order valence-corrected chi connectivity index (χ1v) is 15.4. The molecule has 15 heteroatoms. The summed E-state index contributed by atoms with van der Waals surface area (Å²) in [4.78, 5) is 30.8. The number of aromatic nitrogens is 5. The van der Waals surface area contributed by atoms with E-state index < -0.39 is 60.7 Å². The summed E-state index contributed by atoms with van der Waals surface area (Å²) < 4.78 is 78.4. The normalized spacial score (nSPS) is 26.1. The number of nitrogens with zero attached hydrogens (tertiary/aromatic N) is 5. The number of amides is 2. The van der Waals surface area contributed by atoms with E-state index in [-0.39, 0.29) is 25.2 Å². The highest BCUT2D eigenvalue weighted by Crippen LogP contribution is 2.42. The number of carbonyl (C=O) groups excluding carboxylic acids is 2. The van der Waals surface area contributed by atoms with Crippen LogP contribution in [0, 0.1) is 17.8 Å². The number of nitrogens with one attached hydrogen (secondary N) is 2. The smallest absolute Gasteiger partial charge is 0.381 e. The van der Waals surface area contributed by atoms with Gasteiger partial charge in [-0.05, 0) is 56.2 Å². The van der Waals surface area contributed by atoms with E-state index in [9.17, 15) is 31.5 Å². The number of aryl methyl sites for hydroxylation is 1. The zero-order valence-corrected chi connectivity index (χ0v) is 24.8. The maximum Gasteiger partial charge on any atom is 0.393 e. The van der Waals surface area contributed by atoms with Crippen LogP contribution in [-0.2, 0) is 22.5 Å². The SMILES string of the molecule is CCn1nccc1C(=O)N[C@H](c1cn2nc(C[C@H]3C[C@@H](C(F)(F)F)CNC3=O)c(C3CCOC3)cc2n1)[C@H]1CCCC(F)(F)C1. The molecule has 2 amide bonds. The minimum Gasteiger partial charge on any atom is -0.381 e. The Morgan fingerprint density at radius 2 is 2.11 bits per heavy atom. The highest BCUT2D eigenvalue weighted by Gasteiger charge is 2.45. The number of carbonyl (C=O) groups is 2. The molecule has 5 heterocycles. The number of fused-ring (bicyclic) bond motifs is 1. The third-order valence-electron chi connectivity index (χ3n) is 9.32. The molecule has 0 radical (unpaired) electrons. The van der Waals surface area contributed by atoms with Gasteiger partial charge in [-0.1, -0.05) is 0 Å². The van der Waals surface area contributed by atoms with Crippen LogP contribution in [-0.4, -0.2) is 68.1 Å². The lowest BCUT2D eigenvalue weighted by molar-refractivity contribution is -0.183. The van der Waals surface area contributed by atoms with Gasteiger partial charge in [0.1, 0.15) is 5.69 Å². The maximum atomic E-state index is 14.6. The van der Waals surface area contributed by atoms with Crippen LogP contribution < -0.4 is 10.6 Å². The monoisotopic (exact) mass is 637 g/mol. The van der Waals surface area contributed by atoms with E-state index in [0.29, 0.717) is 61.7 Å². The molecule has 1 aliphatic carbocycles. The van der Waals surface area contributed by atoms with Crippen molar-refractivity contribution >= 4 is 17.5 Å². The summed E-state index contributed by atoms with van der Waals surface area (Å²) in [6.07, 6.45) is -0.941.